The number of hydrogen-bond donors (Lipinski definition) is 2. The lowest BCUT2D eigenvalue weighted by Crippen LogP contribution is -2.47. The fourth-order valence-corrected chi connectivity index (χ4v) is 4.63. The summed E-state index contributed by atoms with van der Waals surface area (Å²) in [6.45, 7) is 3.18. The van der Waals surface area contributed by atoms with E-state index in [4.69, 9.17) is 10.5 Å². The first-order chi connectivity index (χ1) is 15.9. The molecule has 0 bridgehead atoms. The average molecular weight is 446 g/mol. The van der Waals surface area contributed by atoms with Crippen LogP contribution < -0.4 is 5.73 Å². The molecule has 0 spiro atoms. The Morgan fingerprint density at radius 3 is 2.58 bits per heavy atom. The molecule has 33 heavy (non-hydrogen) atoms. The van der Waals surface area contributed by atoms with Crippen LogP contribution in [0.4, 0.5) is 0 Å². The topological polar surface area (TPSA) is 104 Å². The number of carbonyl (C=O) groups excluding carboxylic acids is 2. The van der Waals surface area contributed by atoms with Crippen LogP contribution in [0, 0.1) is 0 Å². The van der Waals surface area contributed by atoms with E-state index in [0.29, 0.717) is 22.5 Å². The third-order valence-electron chi connectivity index (χ3n) is 6.60. The lowest BCUT2D eigenvalue weighted by Gasteiger charge is -2.32. The summed E-state index contributed by atoms with van der Waals surface area (Å²) in [7, 11) is 3.66. The highest BCUT2D eigenvalue weighted by molar-refractivity contribution is 6.16. The van der Waals surface area contributed by atoms with Crippen molar-refractivity contribution in [3.8, 4) is 0 Å². The number of fused-ring (bicyclic) bond motifs is 3. The van der Waals surface area contributed by atoms with Crippen molar-refractivity contribution in [1.82, 2.24) is 14.8 Å². The summed E-state index contributed by atoms with van der Waals surface area (Å²) in [4.78, 5) is 37.1. The SMILES string of the molecule is COC1=CCC(c2cc(C(N)=O)c3[nH]c4cc(C(=O)N5CCN(C)CC5)ccc4c3c2)C=N1. The number of allylic oxidation sites excluding steroid dienone is 1. The predicted molar refractivity (Wildman–Crippen MR) is 129 cm³/mol. The minimum Gasteiger partial charge on any atom is -0.481 e. The first kappa shape index (κ1) is 21.2. The Labute approximate surface area is 191 Å². The Kier molecular flexibility index (Phi) is 5.38. The Hall–Kier alpha value is -3.65. The summed E-state index contributed by atoms with van der Waals surface area (Å²) in [5, 5.41) is 1.86. The Balaban J connectivity index is 1.55. The second kappa shape index (κ2) is 8.37. The number of aromatic amines is 1. The number of likely N-dealkylation sites (N-methyl/N-ethyl adjacent to an activating group) is 1. The summed E-state index contributed by atoms with van der Waals surface area (Å²) in [5.41, 5.74) is 9.27. The van der Waals surface area contributed by atoms with Gasteiger partial charge in [-0.1, -0.05) is 6.07 Å². The molecule has 1 saturated heterocycles. The van der Waals surface area contributed by atoms with Crippen LogP contribution >= 0.6 is 0 Å². The van der Waals surface area contributed by atoms with Gasteiger partial charge in [-0.05, 0) is 49.4 Å². The number of carbonyl (C=O) groups is 2. The molecule has 0 radical (unpaired) electrons. The Bertz CT molecular complexity index is 1310. The molecule has 2 aliphatic rings. The van der Waals surface area contributed by atoms with Gasteiger partial charge in [0, 0.05) is 60.2 Å². The number of piperazine rings is 1. The molecule has 3 N–H and O–H groups in total. The van der Waals surface area contributed by atoms with E-state index in [9.17, 15) is 9.59 Å². The monoisotopic (exact) mass is 445 g/mol. The van der Waals surface area contributed by atoms with Crippen LogP contribution in [0.3, 0.4) is 0 Å². The van der Waals surface area contributed by atoms with Gasteiger partial charge >= 0.3 is 0 Å². The number of rotatable bonds is 4. The van der Waals surface area contributed by atoms with E-state index in [1.807, 2.05) is 41.5 Å². The number of ether oxygens (including phenoxy) is 1. The van der Waals surface area contributed by atoms with Crippen molar-refractivity contribution < 1.29 is 14.3 Å². The summed E-state index contributed by atoms with van der Waals surface area (Å²) >= 11 is 0. The van der Waals surface area contributed by atoms with Crippen LogP contribution in [-0.2, 0) is 4.74 Å². The van der Waals surface area contributed by atoms with Gasteiger partial charge in [-0.2, -0.15) is 0 Å². The van der Waals surface area contributed by atoms with E-state index in [2.05, 4.69) is 28.0 Å². The highest BCUT2D eigenvalue weighted by Gasteiger charge is 2.22. The number of hydrogen-bond acceptors (Lipinski definition) is 5. The average Bonchev–Trinajstić information content (AvgIpc) is 3.21. The number of aromatic nitrogens is 1. The van der Waals surface area contributed by atoms with Crippen molar-refractivity contribution in [2.75, 3.05) is 40.3 Å². The second-order valence-electron chi connectivity index (χ2n) is 8.70. The molecule has 1 unspecified atom stereocenters. The maximum Gasteiger partial charge on any atom is 0.254 e. The molecule has 8 heteroatoms. The lowest BCUT2D eigenvalue weighted by atomic mass is 9.92. The van der Waals surface area contributed by atoms with Gasteiger partial charge in [0.2, 0.25) is 5.88 Å². The maximum atomic E-state index is 13.0. The predicted octanol–water partition coefficient (Wildman–Crippen LogP) is 2.85. The van der Waals surface area contributed by atoms with E-state index in [-0.39, 0.29) is 11.8 Å². The van der Waals surface area contributed by atoms with Gasteiger partial charge in [0.05, 0.1) is 18.2 Å². The van der Waals surface area contributed by atoms with Gasteiger partial charge < -0.3 is 25.3 Å². The van der Waals surface area contributed by atoms with Crippen molar-refractivity contribution in [3.05, 3.63) is 59.0 Å². The summed E-state index contributed by atoms with van der Waals surface area (Å²) < 4.78 is 5.18. The third-order valence-corrected chi connectivity index (χ3v) is 6.60. The van der Waals surface area contributed by atoms with Gasteiger partial charge in [0.1, 0.15) is 0 Å². The summed E-state index contributed by atoms with van der Waals surface area (Å²) in [5.74, 6) is 0.142. The standard InChI is InChI=1S/C25H27N5O3/c1-29-7-9-30(10-8-29)25(32)15-3-5-18-19-11-17(16-4-6-22(33-2)27-14-16)12-20(24(26)31)23(19)28-21(18)13-15/h3,5-6,11-14,16,28H,4,7-10H2,1-2H3,(H2,26,31). The smallest absolute Gasteiger partial charge is 0.254 e. The van der Waals surface area contributed by atoms with Crippen molar-refractivity contribution in [2.45, 2.75) is 12.3 Å². The Morgan fingerprint density at radius 1 is 1.12 bits per heavy atom. The molecular formula is C25H27N5O3. The van der Waals surface area contributed by atoms with Crippen LogP contribution in [0.2, 0.25) is 0 Å². The molecule has 3 heterocycles. The van der Waals surface area contributed by atoms with Crippen LogP contribution in [-0.4, -0.2) is 73.1 Å². The number of amides is 2. The zero-order valence-corrected chi connectivity index (χ0v) is 18.8. The van der Waals surface area contributed by atoms with Crippen LogP contribution in [0.25, 0.3) is 21.8 Å². The first-order valence-corrected chi connectivity index (χ1v) is 11.1. The molecular weight excluding hydrogens is 418 g/mol. The molecule has 1 fully saturated rings. The molecule has 0 saturated carbocycles. The van der Waals surface area contributed by atoms with E-state index >= 15 is 0 Å². The molecule has 1 aromatic heterocycles. The minimum atomic E-state index is -0.497. The van der Waals surface area contributed by atoms with Crippen LogP contribution in [0.15, 0.2) is 47.3 Å². The maximum absolute atomic E-state index is 13.0. The second-order valence-corrected chi connectivity index (χ2v) is 8.70. The molecule has 1 atom stereocenters. The summed E-state index contributed by atoms with van der Waals surface area (Å²) in [6.07, 6.45) is 4.50. The van der Waals surface area contributed by atoms with Crippen molar-refractivity contribution >= 4 is 39.8 Å². The first-order valence-electron chi connectivity index (χ1n) is 11.1. The molecule has 0 aliphatic carbocycles. The zero-order chi connectivity index (χ0) is 23.1. The quantitative estimate of drug-likeness (QED) is 0.644. The lowest BCUT2D eigenvalue weighted by molar-refractivity contribution is 0.0664. The zero-order valence-electron chi connectivity index (χ0n) is 18.8. The third kappa shape index (κ3) is 3.87. The fourth-order valence-electron chi connectivity index (χ4n) is 4.63. The number of primary amides is 1. The van der Waals surface area contributed by atoms with Gasteiger partial charge in [0.15, 0.2) is 0 Å². The molecule has 5 rings (SSSR count). The minimum absolute atomic E-state index is 0.0226. The van der Waals surface area contributed by atoms with Gasteiger partial charge in [0.25, 0.3) is 11.8 Å². The number of aliphatic imine (C=N–C) groups is 1. The highest BCUT2D eigenvalue weighted by atomic mass is 16.5. The van der Waals surface area contributed by atoms with Gasteiger partial charge in [-0.3, -0.25) is 9.59 Å². The molecule has 8 nitrogen and oxygen atoms in total. The van der Waals surface area contributed by atoms with Crippen molar-refractivity contribution in [3.63, 3.8) is 0 Å². The van der Waals surface area contributed by atoms with Crippen molar-refractivity contribution in [1.29, 1.82) is 0 Å². The number of H-pyrrole nitrogens is 1. The largest absolute Gasteiger partial charge is 0.481 e. The van der Waals surface area contributed by atoms with E-state index < -0.39 is 5.91 Å². The van der Waals surface area contributed by atoms with Gasteiger partial charge in [-0.15, -0.1) is 0 Å². The van der Waals surface area contributed by atoms with E-state index in [1.54, 1.807) is 7.11 Å². The Morgan fingerprint density at radius 2 is 1.91 bits per heavy atom. The number of benzene rings is 2. The molecule has 3 aromatic rings. The van der Waals surface area contributed by atoms with Gasteiger partial charge in [-0.25, -0.2) is 4.99 Å². The number of nitrogens with one attached hydrogen (secondary N) is 1. The normalized spacial score (nSPS) is 19.2. The van der Waals surface area contributed by atoms with Crippen LogP contribution in [0.1, 0.15) is 38.6 Å². The number of methoxy groups -OCH3 is 1. The van der Waals surface area contributed by atoms with E-state index in [0.717, 1.165) is 54.5 Å². The highest BCUT2D eigenvalue weighted by Crippen LogP contribution is 2.33. The fraction of sp³-hybridized carbons (Fsp3) is 0.320. The number of nitrogens with two attached hydrogens (primary N) is 1. The summed E-state index contributed by atoms with van der Waals surface area (Å²) in [6, 6.07) is 9.59. The number of nitrogens with zero attached hydrogens (tertiary/aromatic N) is 3. The van der Waals surface area contributed by atoms with E-state index in [1.165, 1.54) is 0 Å². The molecule has 170 valence electrons. The van der Waals surface area contributed by atoms with Crippen LogP contribution in [0.5, 0.6) is 0 Å². The molecule has 2 aliphatic heterocycles. The molecule has 2 aromatic carbocycles. The van der Waals surface area contributed by atoms with Crippen molar-refractivity contribution in [2.24, 2.45) is 10.7 Å². The molecule has 2 amide bonds.